The summed E-state index contributed by atoms with van der Waals surface area (Å²) in [4.78, 5) is 56.4. The van der Waals surface area contributed by atoms with Crippen molar-refractivity contribution in [2.45, 2.75) is 0 Å². The van der Waals surface area contributed by atoms with E-state index < -0.39 is 23.6 Å². The lowest BCUT2D eigenvalue weighted by molar-refractivity contribution is 0.0877. The number of halogens is 2. The van der Waals surface area contributed by atoms with Crippen molar-refractivity contribution in [1.29, 1.82) is 0 Å². The van der Waals surface area contributed by atoms with Gasteiger partial charge in [0.15, 0.2) is 0 Å². The second kappa shape index (κ2) is 10.9. The summed E-state index contributed by atoms with van der Waals surface area (Å²) in [5.41, 5.74) is 3.81. The fraction of sp³-hybridized carbons (Fsp3) is 0. The van der Waals surface area contributed by atoms with Crippen molar-refractivity contribution in [2.75, 3.05) is 9.80 Å². The van der Waals surface area contributed by atoms with Crippen molar-refractivity contribution in [3.8, 4) is 22.9 Å². The maximum absolute atomic E-state index is 13.5. The third kappa shape index (κ3) is 4.36. The number of benzene rings is 6. The summed E-state index contributed by atoms with van der Waals surface area (Å²) in [7, 11) is 0. The monoisotopic (exact) mass is 768 g/mol. The smallest absolute Gasteiger partial charge is 0.265 e. The van der Waals surface area contributed by atoms with E-state index in [9.17, 15) is 19.2 Å². The lowest BCUT2D eigenvalue weighted by Crippen LogP contribution is -2.40. The predicted octanol–water partition coefficient (Wildman–Crippen LogP) is 8.84. The first-order valence-corrected chi connectivity index (χ1v) is 16.6. The highest BCUT2D eigenvalue weighted by Gasteiger charge is 2.36. The first-order chi connectivity index (χ1) is 23.8. The Labute approximate surface area is 294 Å². The van der Waals surface area contributed by atoms with Crippen LogP contribution in [0, 0.1) is 0 Å². The maximum atomic E-state index is 13.5. The van der Waals surface area contributed by atoms with E-state index in [-0.39, 0.29) is 11.8 Å². The van der Waals surface area contributed by atoms with Crippen LogP contribution in [0.15, 0.2) is 123 Å². The molecule has 234 valence electrons. The molecule has 2 aliphatic rings. The molecule has 0 saturated heterocycles. The van der Waals surface area contributed by atoms with Gasteiger partial charge < -0.3 is 4.42 Å². The van der Waals surface area contributed by atoms with Crippen LogP contribution in [0.3, 0.4) is 0 Å². The SMILES string of the molecule is O=C1c2cccc3c(Br)ccc(c23)C(=O)N1c1ccc(-c2nnc(-c3ccc(N4C(=O)c5cccc6c(Br)ccc(c56)C4=O)cc3)o2)cc1. The van der Waals surface area contributed by atoms with Crippen molar-refractivity contribution >= 4 is 88.4 Å². The highest BCUT2D eigenvalue weighted by molar-refractivity contribution is 9.11. The lowest BCUT2D eigenvalue weighted by Gasteiger charge is -2.27. The third-order valence-corrected chi connectivity index (χ3v) is 10.3. The van der Waals surface area contributed by atoms with Gasteiger partial charge in [-0.2, -0.15) is 0 Å². The molecule has 0 bridgehead atoms. The summed E-state index contributed by atoms with van der Waals surface area (Å²) in [5.74, 6) is -1.14. The highest BCUT2D eigenvalue weighted by Crippen LogP contribution is 2.38. The van der Waals surface area contributed by atoms with E-state index in [1.165, 1.54) is 9.80 Å². The molecule has 4 amide bonds. The molecule has 0 fully saturated rings. The van der Waals surface area contributed by atoms with Gasteiger partial charge in [0.1, 0.15) is 0 Å². The van der Waals surface area contributed by atoms with Crippen molar-refractivity contribution in [2.24, 2.45) is 0 Å². The van der Waals surface area contributed by atoms with Crippen LogP contribution in [0.2, 0.25) is 0 Å². The van der Waals surface area contributed by atoms with Crippen LogP contribution in [0.1, 0.15) is 41.4 Å². The van der Waals surface area contributed by atoms with Gasteiger partial charge in [0, 0.05) is 53.1 Å². The van der Waals surface area contributed by atoms with Crippen LogP contribution in [0.25, 0.3) is 44.5 Å². The zero-order valence-electron chi connectivity index (χ0n) is 25.0. The Bertz CT molecular complexity index is 2390. The second-order valence-corrected chi connectivity index (χ2v) is 13.3. The molecular formula is C38H18Br2N4O5. The van der Waals surface area contributed by atoms with Gasteiger partial charge in [-0.05, 0) is 95.7 Å². The molecule has 0 unspecified atom stereocenters. The zero-order chi connectivity index (χ0) is 33.6. The minimum absolute atomic E-state index is 0.235. The second-order valence-electron chi connectivity index (χ2n) is 11.5. The predicted molar refractivity (Wildman–Crippen MR) is 191 cm³/mol. The first-order valence-electron chi connectivity index (χ1n) is 15.0. The van der Waals surface area contributed by atoms with Crippen LogP contribution in [-0.4, -0.2) is 33.8 Å². The third-order valence-electron chi connectivity index (χ3n) is 8.88. The van der Waals surface area contributed by atoms with Crippen LogP contribution in [-0.2, 0) is 0 Å². The van der Waals surface area contributed by atoms with E-state index >= 15 is 0 Å². The summed E-state index contributed by atoms with van der Waals surface area (Å²) in [6.45, 7) is 0. The summed E-state index contributed by atoms with van der Waals surface area (Å²) < 4.78 is 7.60. The van der Waals surface area contributed by atoms with Crippen LogP contribution < -0.4 is 9.80 Å². The standard InChI is InChI=1S/C38H18Br2N4O5/c39-29-17-15-27-31-23(29)3-1-5-25(31)35(45)43(37(27)47)21-11-7-19(8-12-21)33-41-42-34(49-33)20-9-13-22(14-10-20)44-36(46)26-6-2-4-24-30(40)18-16-28(32(24)26)38(44)48/h1-18H. The van der Waals surface area contributed by atoms with E-state index in [1.54, 1.807) is 84.9 Å². The number of hydrogen-bond donors (Lipinski definition) is 0. The Hall–Kier alpha value is -5.78. The molecule has 0 saturated carbocycles. The van der Waals surface area contributed by atoms with Crippen molar-refractivity contribution < 1.29 is 23.6 Å². The molecule has 0 spiro atoms. The van der Waals surface area contributed by atoms with Gasteiger partial charge in [0.2, 0.25) is 11.8 Å². The van der Waals surface area contributed by atoms with Gasteiger partial charge in [-0.25, -0.2) is 9.80 Å². The summed E-state index contributed by atoms with van der Waals surface area (Å²) in [5, 5.41) is 11.3. The summed E-state index contributed by atoms with van der Waals surface area (Å²) in [6.07, 6.45) is 0. The van der Waals surface area contributed by atoms with E-state index in [0.29, 0.717) is 55.5 Å². The number of aromatic nitrogens is 2. The number of carbonyl (C=O) groups is 4. The molecule has 0 atom stereocenters. The Balaban J connectivity index is 0.971. The Morgan fingerprint density at radius 3 is 1.20 bits per heavy atom. The molecule has 3 heterocycles. The van der Waals surface area contributed by atoms with Crippen molar-refractivity contribution in [1.82, 2.24) is 10.2 Å². The molecule has 0 aliphatic carbocycles. The summed E-state index contributed by atoms with van der Waals surface area (Å²) in [6, 6.07) is 31.3. The van der Waals surface area contributed by atoms with Crippen LogP contribution in [0.4, 0.5) is 11.4 Å². The van der Waals surface area contributed by atoms with Gasteiger partial charge in [-0.3, -0.25) is 19.2 Å². The van der Waals surface area contributed by atoms with Gasteiger partial charge in [-0.1, -0.05) is 56.1 Å². The molecule has 2 aliphatic heterocycles. The fourth-order valence-corrected chi connectivity index (χ4v) is 7.48. The van der Waals surface area contributed by atoms with Crippen molar-refractivity contribution in [3.05, 3.63) is 140 Å². The number of carbonyl (C=O) groups excluding carboxylic acids is 4. The molecule has 9 rings (SSSR count). The van der Waals surface area contributed by atoms with Gasteiger partial charge in [-0.15, -0.1) is 10.2 Å². The quantitative estimate of drug-likeness (QED) is 0.164. The molecule has 1 aromatic heterocycles. The number of amides is 4. The lowest BCUT2D eigenvalue weighted by atomic mass is 9.93. The molecule has 11 heteroatoms. The Morgan fingerprint density at radius 2 is 0.816 bits per heavy atom. The number of nitrogens with zero attached hydrogens (tertiary/aromatic N) is 4. The zero-order valence-corrected chi connectivity index (χ0v) is 28.2. The fourth-order valence-electron chi connectivity index (χ4n) is 6.55. The minimum atomic E-state index is -0.403. The van der Waals surface area contributed by atoms with Gasteiger partial charge in [0.25, 0.3) is 23.6 Å². The van der Waals surface area contributed by atoms with Crippen molar-refractivity contribution in [3.63, 3.8) is 0 Å². The molecule has 0 N–H and O–H groups in total. The van der Waals surface area contributed by atoms with E-state index in [2.05, 4.69) is 42.1 Å². The first kappa shape index (κ1) is 29.4. The van der Waals surface area contributed by atoms with Crippen LogP contribution in [0.5, 0.6) is 0 Å². The number of rotatable bonds is 4. The van der Waals surface area contributed by atoms with Crippen LogP contribution >= 0.6 is 31.9 Å². The number of imide groups is 2. The Kier molecular flexibility index (Phi) is 6.52. The molecule has 9 nitrogen and oxygen atoms in total. The number of hydrogen-bond acceptors (Lipinski definition) is 7. The van der Waals surface area contributed by atoms with E-state index in [0.717, 1.165) is 19.7 Å². The van der Waals surface area contributed by atoms with Gasteiger partial charge in [0.05, 0.1) is 11.4 Å². The summed E-state index contributed by atoms with van der Waals surface area (Å²) >= 11 is 7.03. The minimum Gasteiger partial charge on any atom is -0.416 e. The highest BCUT2D eigenvalue weighted by atomic mass is 79.9. The van der Waals surface area contributed by atoms with Gasteiger partial charge >= 0.3 is 0 Å². The molecule has 49 heavy (non-hydrogen) atoms. The van der Waals surface area contributed by atoms with E-state index in [1.807, 2.05) is 24.3 Å². The normalized spacial score (nSPS) is 14.0. The average Bonchev–Trinajstić information content (AvgIpc) is 3.62. The molecule has 0 radical (unpaired) electrons. The van der Waals surface area contributed by atoms with E-state index in [4.69, 9.17) is 4.42 Å². The number of anilines is 2. The average molecular weight is 770 g/mol. The molecule has 7 aromatic rings. The molecular weight excluding hydrogens is 752 g/mol. The Morgan fingerprint density at radius 1 is 0.449 bits per heavy atom. The maximum Gasteiger partial charge on any atom is 0.265 e. The largest absolute Gasteiger partial charge is 0.416 e. The topological polar surface area (TPSA) is 114 Å². The molecule has 6 aromatic carbocycles.